The number of rotatable bonds is 4. The fourth-order valence-corrected chi connectivity index (χ4v) is 3.35. The number of fused-ring (bicyclic) bond motifs is 1. The molecule has 0 unspecified atom stereocenters. The van der Waals surface area contributed by atoms with Crippen molar-refractivity contribution in [2.45, 2.75) is 32.7 Å². The average molecular weight is 356 g/mol. The van der Waals surface area contributed by atoms with E-state index in [-0.39, 0.29) is 6.04 Å². The summed E-state index contributed by atoms with van der Waals surface area (Å²) in [5, 5.41) is 11.5. The molecule has 3 aromatic rings. The van der Waals surface area contributed by atoms with Gasteiger partial charge in [0.05, 0.1) is 12.2 Å². The van der Waals surface area contributed by atoms with Crippen molar-refractivity contribution in [1.82, 2.24) is 19.6 Å². The maximum absolute atomic E-state index is 6.16. The van der Waals surface area contributed by atoms with Gasteiger partial charge in [-0.05, 0) is 12.8 Å². The van der Waals surface area contributed by atoms with Gasteiger partial charge in [-0.2, -0.15) is 9.61 Å². The van der Waals surface area contributed by atoms with E-state index in [0.717, 1.165) is 22.0 Å². The zero-order chi connectivity index (χ0) is 15.9. The first kappa shape index (κ1) is 15.5. The summed E-state index contributed by atoms with van der Waals surface area (Å²) < 4.78 is 1.77. The lowest BCUT2D eigenvalue weighted by Gasteiger charge is -2.14. The summed E-state index contributed by atoms with van der Waals surface area (Å²) in [7, 11) is 0. The molecule has 0 fully saturated rings. The normalized spacial score (nSPS) is 13.0. The maximum atomic E-state index is 6.16. The molecule has 0 saturated heterocycles. The van der Waals surface area contributed by atoms with Crippen molar-refractivity contribution in [3.8, 4) is 0 Å². The van der Waals surface area contributed by atoms with Crippen LogP contribution in [0.25, 0.3) is 5.65 Å². The minimum atomic E-state index is -0.00846. The van der Waals surface area contributed by atoms with Gasteiger partial charge in [-0.15, -0.1) is 11.3 Å². The van der Waals surface area contributed by atoms with Crippen LogP contribution >= 0.6 is 34.5 Å². The van der Waals surface area contributed by atoms with E-state index in [1.54, 1.807) is 10.6 Å². The van der Waals surface area contributed by atoms with Crippen molar-refractivity contribution < 1.29 is 0 Å². The Morgan fingerprint density at radius 2 is 1.95 bits per heavy atom. The van der Waals surface area contributed by atoms with Crippen molar-refractivity contribution in [1.29, 1.82) is 0 Å². The number of hydrogen-bond acceptors (Lipinski definition) is 5. The molecule has 5 nitrogen and oxygen atoms in total. The number of anilines is 1. The van der Waals surface area contributed by atoms with E-state index < -0.39 is 0 Å². The highest BCUT2D eigenvalue weighted by Gasteiger charge is 2.16. The van der Waals surface area contributed by atoms with Crippen LogP contribution in [-0.2, 0) is 0 Å². The number of halogens is 2. The largest absolute Gasteiger partial charge is 0.361 e. The van der Waals surface area contributed by atoms with Gasteiger partial charge in [-0.3, -0.25) is 0 Å². The van der Waals surface area contributed by atoms with Crippen LogP contribution < -0.4 is 5.32 Å². The maximum Gasteiger partial charge on any atom is 0.162 e. The molecule has 3 rings (SSSR count). The minimum absolute atomic E-state index is 0.00846. The average Bonchev–Trinajstić information content (AvgIpc) is 3.04. The van der Waals surface area contributed by atoms with Gasteiger partial charge in [0.15, 0.2) is 5.65 Å². The molecule has 0 amide bonds. The molecule has 8 heteroatoms. The third-order valence-corrected chi connectivity index (χ3v) is 4.86. The highest BCUT2D eigenvalue weighted by atomic mass is 35.5. The van der Waals surface area contributed by atoms with E-state index >= 15 is 0 Å². The molecule has 0 spiro atoms. The molecule has 22 heavy (non-hydrogen) atoms. The Kier molecular flexibility index (Phi) is 4.25. The third kappa shape index (κ3) is 2.91. The summed E-state index contributed by atoms with van der Waals surface area (Å²) in [6, 6.07) is 1.75. The molecule has 0 aromatic carbocycles. The monoisotopic (exact) mass is 355 g/mol. The minimum Gasteiger partial charge on any atom is -0.361 e. The zero-order valence-electron chi connectivity index (χ0n) is 12.3. The van der Waals surface area contributed by atoms with E-state index in [1.165, 1.54) is 11.3 Å². The first-order valence-corrected chi connectivity index (χ1v) is 8.51. The topological polar surface area (TPSA) is 55.1 Å². The smallest absolute Gasteiger partial charge is 0.162 e. The summed E-state index contributed by atoms with van der Waals surface area (Å²) in [5.74, 6) is 1.10. The second-order valence-corrected chi connectivity index (χ2v) is 6.99. The van der Waals surface area contributed by atoms with Crippen LogP contribution in [0.2, 0.25) is 10.3 Å². The Hall–Kier alpha value is -1.37. The number of nitrogens with zero attached hydrogens (tertiary/aromatic N) is 4. The van der Waals surface area contributed by atoms with Crippen LogP contribution in [0.1, 0.15) is 43.3 Å². The van der Waals surface area contributed by atoms with Crippen molar-refractivity contribution in [3.05, 3.63) is 38.5 Å². The van der Waals surface area contributed by atoms with E-state index in [4.69, 9.17) is 23.2 Å². The first-order chi connectivity index (χ1) is 10.5. The molecule has 116 valence electrons. The van der Waals surface area contributed by atoms with Crippen LogP contribution in [-0.4, -0.2) is 19.6 Å². The van der Waals surface area contributed by atoms with Crippen LogP contribution in [0.15, 0.2) is 17.6 Å². The number of hydrogen-bond donors (Lipinski definition) is 1. The fraction of sp³-hybridized carbons (Fsp3) is 0.357. The van der Waals surface area contributed by atoms with Crippen LogP contribution in [0.5, 0.6) is 0 Å². The van der Waals surface area contributed by atoms with Crippen LogP contribution in [0.3, 0.4) is 0 Å². The quantitative estimate of drug-likeness (QED) is 0.683. The SMILES string of the molecule is CC(C)c1cnn2c(N[C@@H](C)c3nc(Cl)cs3)cc(Cl)nc12. The molecule has 3 heterocycles. The van der Waals surface area contributed by atoms with Crippen molar-refractivity contribution in [2.75, 3.05) is 5.32 Å². The predicted octanol–water partition coefficient (Wildman–Crippen LogP) is 4.79. The molecule has 0 aliphatic heterocycles. The summed E-state index contributed by atoms with van der Waals surface area (Å²) >= 11 is 13.6. The molecular weight excluding hydrogens is 341 g/mol. The Labute approximate surface area is 142 Å². The van der Waals surface area contributed by atoms with Gasteiger partial charge in [0.1, 0.15) is 21.1 Å². The summed E-state index contributed by atoms with van der Waals surface area (Å²) in [5.41, 5.74) is 1.84. The molecule has 0 bridgehead atoms. The molecule has 1 atom stereocenters. The van der Waals surface area contributed by atoms with E-state index in [0.29, 0.717) is 16.2 Å². The second-order valence-electron chi connectivity index (χ2n) is 5.33. The number of nitrogens with one attached hydrogen (secondary N) is 1. The molecular formula is C14H15Cl2N5S. The Bertz CT molecular complexity index is 811. The van der Waals surface area contributed by atoms with E-state index in [1.807, 2.05) is 18.5 Å². The number of thiazole rings is 1. The van der Waals surface area contributed by atoms with Gasteiger partial charge in [0, 0.05) is 17.0 Å². The van der Waals surface area contributed by atoms with Gasteiger partial charge in [-0.1, -0.05) is 37.0 Å². The van der Waals surface area contributed by atoms with Crippen LogP contribution in [0.4, 0.5) is 5.82 Å². The van der Waals surface area contributed by atoms with Crippen molar-refractivity contribution in [3.63, 3.8) is 0 Å². The van der Waals surface area contributed by atoms with Gasteiger partial charge in [0.2, 0.25) is 0 Å². The highest BCUT2D eigenvalue weighted by Crippen LogP contribution is 2.27. The molecule has 0 aliphatic rings. The van der Waals surface area contributed by atoms with Crippen molar-refractivity contribution in [2.24, 2.45) is 0 Å². The first-order valence-electron chi connectivity index (χ1n) is 6.87. The summed E-state index contributed by atoms with van der Waals surface area (Å²) in [4.78, 5) is 8.68. The summed E-state index contributed by atoms with van der Waals surface area (Å²) in [6.45, 7) is 6.22. The predicted molar refractivity (Wildman–Crippen MR) is 91.2 cm³/mol. The fourth-order valence-electron chi connectivity index (χ4n) is 2.21. The Balaban J connectivity index is 2.00. The lowest BCUT2D eigenvalue weighted by molar-refractivity contribution is 0.831. The van der Waals surface area contributed by atoms with Gasteiger partial charge in [-0.25, -0.2) is 9.97 Å². The number of aromatic nitrogens is 4. The van der Waals surface area contributed by atoms with Crippen molar-refractivity contribution >= 4 is 46.0 Å². The molecule has 0 radical (unpaired) electrons. The van der Waals surface area contributed by atoms with Gasteiger partial charge < -0.3 is 5.32 Å². The Morgan fingerprint density at radius 1 is 1.18 bits per heavy atom. The third-order valence-electron chi connectivity index (χ3n) is 3.32. The van der Waals surface area contributed by atoms with Gasteiger partial charge in [0.25, 0.3) is 0 Å². The molecule has 0 saturated carbocycles. The van der Waals surface area contributed by atoms with E-state index in [2.05, 4.69) is 34.2 Å². The lowest BCUT2D eigenvalue weighted by Crippen LogP contribution is -2.11. The standard InChI is InChI=1S/C14H15Cl2N5S/c1-7(2)9-5-17-21-12(4-10(15)19-13(9)21)18-8(3)14-20-11(16)6-22-14/h4-8,18H,1-3H3/t8-/m0/s1. The van der Waals surface area contributed by atoms with Crippen LogP contribution in [0, 0.1) is 0 Å². The molecule has 1 N–H and O–H groups in total. The molecule has 3 aromatic heterocycles. The Morgan fingerprint density at radius 3 is 2.59 bits per heavy atom. The van der Waals surface area contributed by atoms with Gasteiger partial charge >= 0.3 is 0 Å². The lowest BCUT2D eigenvalue weighted by atomic mass is 10.1. The zero-order valence-corrected chi connectivity index (χ0v) is 14.7. The second kappa shape index (κ2) is 6.02. The van der Waals surface area contributed by atoms with E-state index in [9.17, 15) is 0 Å². The molecule has 0 aliphatic carbocycles. The summed E-state index contributed by atoms with van der Waals surface area (Å²) in [6.07, 6.45) is 1.83. The highest BCUT2D eigenvalue weighted by molar-refractivity contribution is 7.10.